The van der Waals surface area contributed by atoms with Gasteiger partial charge in [0.15, 0.2) is 12.2 Å². The van der Waals surface area contributed by atoms with Crippen molar-refractivity contribution in [2.45, 2.75) is 6.29 Å². The first-order valence-corrected chi connectivity index (χ1v) is 2.85. The molecule has 0 amide bonds. The summed E-state index contributed by atoms with van der Waals surface area (Å²) in [6.07, 6.45) is -1.00. The van der Waals surface area contributed by atoms with Crippen molar-refractivity contribution in [3.8, 4) is 6.07 Å². The van der Waals surface area contributed by atoms with Crippen LogP contribution >= 0.6 is 0 Å². The summed E-state index contributed by atoms with van der Waals surface area (Å²) in [6, 6.07) is 1.55. The maximum atomic E-state index is 10.3. The molecule has 1 N–H and O–H groups in total. The molecule has 5 nitrogen and oxygen atoms in total. The quantitative estimate of drug-likeness (QED) is 0.576. The molecule has 0 aliphatic rings. The molecule has 0 bridgehead atoms. The highest BCUT2D eigenvalue weighted by Gasteiger charge is 2.27. The van der Waals surface area contributed by atoms with Gasteiger partial charge in [-0.3, -0.25) is 4.79 Å². The number of nitriles is 1. The van der Waals surface area contributed by atoms with Gasteiger partial charge in [-0.25, -0.2) is 0 Å². The van der Waals surface area contributed by atoms with E-state index in [4.69, 9.17) is 10.4 Å². The minimum Gasteiger partial charge on any atom is -0.480 e. The van der Waals surface area contributed by atoms with Gasteiger partial charge in [0, 0.05) is 14.2 Å². The Hall–Kier alpha value is -1.12. The number of hydrogen-bond acceptors (Lipinski definition) is 4. The van der Waals surface area contributed by atoms with Crippen molar-refractivity contribution in [3.05, 3.63) is 0 Å². The van der Waals surface area contributed by atoms with E-state index in [2.05, 4.69) is 9.47 Å². The maximum absolute atomic E-state index is 10.3. The second-order valence-electron chi connectivity index (χ2n) is 1.78. The van der Waals surface area contributed by atoms with E-state index < -0.39 is 18.2 Å². The lowest BCUT2D eigenvalue weighted by Crippen LogP contribution is -2.30. The molecule has 0 heterocycles. The zero-order valence-corrected chi connectivity index (χ0v) is 6.27. The summed E-state index contributed by atoms with van der Waals surface area (Å²) < 4.78 is 9.18. The molecule has 11 heavy (non-hydrogen) atoms. The molecule has 0 rings (SSSR count). The van der Waals surface area contributed by atoms with E-state index in [1.54, 1.807) is 6.07 Å². The number of hydrogen-bond donors (Lipinski definition) is 1. The average molecular weight is 159 g/mol. The van der Waals surface area contributed by atoms with Crippen molar-refractivity contribution in [3.63, 3.8) is 0 Å². The van der Waals surface area contributed by atoms with Gasteiger partial charge in [0.2, 0.25) is 0 Å². The van der Waals surface area contributed by atoms with E-state index in [1.807, 2.05) is 0 Å². The zero-order chi connectivity index (χ0) is 8.85. The van der Waals surface area contributed by atoms with Crippen LogP contribution in [0.1, 0.15) is 0 Å². The molecule has 0 saturated carbocycles. The summed E-state index contributed by atoms with van der Waals surface area (Å²) >= 11 is 0. The van der Waals surface area contributed by atoms with Gasteiger partial charge in [0.25, 0.3) is 0 Å². The van der Waals surface area contributed by atoms with Crippen LogP contribution < -0.4 is 0 Å². The smallest absolute Gasteiger partial charge is 0.326 e. The van der Waals surface area contributed by atoms with E-state index in [0.717, 1.165) is 0 Å². The van der Waals surface area contributed by atoms with Crippen LogP contribution in [0.4, 0.5) is 0 Å². The number of methoxy groups -OCH3 is 2. The second kappa shape index (κ2) is 4.66. The molecule has 5 heteroatoms. The number of carboxylic acid groups (broad SMARTS) is 1. The van der Waals surface area contributed by atoms with Crippen molar-refractivity contribution in [2.24, 2.45) is 5.92 Å². The van der Waals surface area contributed by atoms with Crippen LogP contribution in [0.2, 0.25) is 0 Å². The summed E-state index contributed by atoms with van der Waals surface area (Å²) in [5, 5.41) is 16.8. The molecule has 0 aromatic carbocycles. The van der Waals surface area contributed by atoms with E-state index in [-0.39, 0.29) is 0 Å². The molecule has 62 valence electrons. The first-order chi connectivity index (χ1) is 5.17. The van der Waals surface area contributed by atoms with Gasteiger partial charge in [-0.2, -0.15) is 5.26 Å². The zero-order valence-electron chi connectivity index (χ0n) is 6.27. The molecule has 0 aliphatic heterocycles. The lowest BCUT2D eigenvalue weighted by atomic mass is 10.2. The maximum Gasteiger partial charge on any atom is 0.326 e. The number of aliphatic carboxylic acids is 1. The Morgan fingerprint density at radius 3 is 2.09 bits per heavy atom. The summed E-state index contributed by atoms with van der Waals surface area (Å²) in [4.78, 5) is 10.3. The van der Waals surface area contributed by atoms with Crippen LogP contribution in [0.5, 0.6) is 0 Å². The van der Waals surface area contributed by atoms with Crippen LogP contribution in [0.25, 0.3) is 0 Å². The number of ether oxygens (including phenoxy) is 2. The summed E-state index contributed by atoms with van der Waals surface area (Å²) in [7, 11) is 2.56. The Balaban J connectivity index is 4.24. The monoisotopic (exact) mass is 159 g/mol. The summed E-state index contributed by atoms with van der Waals surface area (Å²) in [5.41, 5.74) is 0. The van der Waals surface area contributed by atoms with Crippen molar-refractivity contribution >= 4 is 5.97 Å². The largest absolute Gasteiger partial charge is 0.480 e. The number of nitrogens with zero attached hydrogens (tertiary/aromatic N) is 1. The third-order valence-electron chi connectivity index (χ3n) is 1.14. The molecule has 0 spiro atoms. The van der Waals surface area contributed by atoms with Crippen molar-refractivity contribution < 1.29 is 19.4 Å². The van der Waals surface area contributed by atoms with Gasteiger partial charge < -0.3 is 14.6 Å². The first-order valence-electron chi connectivity index (χ1n) is 2.85. The highest BCUT2D eigenvalue weighted by Crippen LogP contribution is 2.06. The fourth-order valence-corrected chi connectivity index (χ4v) is 0.601. The molecular weight excluding hydrogens is 150 g/mol. The van der Waals surface area contributed by atoms with Crippen LogP contribution in [0, 0.1) is 17.2 Å². The molecule has 0 fully saturated rings. The molecule has 0 aliphatic carbocycles. The van der Waals surface area contributed by atoms with Gasteiger partial charge in [-0.1, -0.05) is 0 Å². The van der Waals surface area contributed by atoms with Gasteiger partial charge >= 0.3 is 5.97 Å². The molecule has 0 saturated heterocycles. The highest BCUT2D eigenvalue weighted by molar-refractivity contribution is 5.73. The Labute approximate surface area is 64.1 Å². The Morgan fingerprint density at radius 2 is 2.00 bits per heavy atom. The highest BCUT2D eigenvalue weighted by atomic mass is 16.7. The Morgan fingerprint density at radius 1 is 1.55 bits per heavy atom. The first kappa shape index (κ1) is 9.88. The summed E-state index contributed by atoms with van der Waals surface area (Å²) in [5.74, 6) is -2.52. The molecule has 1 atom stereocenters. The van der Waals surface area contributed by atoms with E-state index >= 15 is 0 Å². The van der Waals surface area contributed by atoms with Crippen LogP contribution in [-0.4, -0.2) is 31.6 Å². The third kappa shape index (κ3) is 2.53. The van der Waals surface area contributed by atoms with E-state index in [9.17, 15) is 4.79 Å². The normalized spacial score (nSPS) is 12.5. The van der Waals surface area contributed by atoms with Gasteiger partial charge in [-0.15, -0.1) is 0 Å². The molecule has 0 radical (unpaired) electrons. The molecule has 1 unspecified atom stereocenters. The Kier molecular flexibility index (Phi) is 4.18. The van der Waals surface area contributed by atoms with Crippen molar-refractivity contribution in [1.82, 2.24) is 0 Å². The molecular formula is C6H9NO4. The lowest BCUT2D eigenvalue weighted by molar-refractivity contribution is -0.163. The fourth-order valence-electron chi connectivity index (χ4n) is 0.601. The second-order valence-corrected chi connectivity index (χ2v) is 1.78. The van der Waals surface area contributed by atoms with E-state index in [1.165, 1.54) is 14.2 Å². The molecule has 0 aromatic heterocycles. The topological polar surface area (TPSA) is 79.5 Å². The van der Waals surface area contributed by atoms with Crippen LogP contribution in [0.3, 0.4) is 0 Å². The third-order valence-corrected chi connectivity index (χ3v) is 1.14. The van der Waals surface area contributed by atoms with Crippen molar-refractivity contribution in [2.75, 3.05) is 14.2 Å². The van der Waals surface area contributed by atoms with Gasteiger partial charge in [-0.05, 0) is 0 Å². The fraction of sp³-hybridized carbons (Fsp3) is 0.667. The standard InChI is InChI=1S/C6H9NO4/c1-10-6(11-2)4(3-7)5(8)9/h4,6H,1-2H3,(H,8,9). The average Bonchev–Trinajstić information content (AvgIpc) is 1.99. The lowest BCUT2D eigenvalue weighted by Gasteiger charge is -2.14. The van der Waals surface area contributed by atoms with E-state index in [0.29, 0.717) is 0 Å². The van der Waals surface area contributed by atoms with Crippen LogP contribution in [-0.2, 0) is 14.3 Å². The minimum atomic E-state index is -1.27. The predicted molar refractivity (Wildman–Crippen MR) is 34.5 cm³/mol. The Bertz CT molecular complexity index is 170. The van der Waals surface area contributed by atoms with Crippen molar-refractivity contribution in [1.29, 1.82) is 5.26 Å². The minimum absolute atomic E-state index is 1.00. The number of carboxylic acids is 1. The van der Waals surface area contributed by atoms with Gasteiger partial charge in [0.1, 0.15) is 0 Å². The number of carbonyl (C=O) groups is 1. The van der Waals surface area contributed by atoms with Crippen LogP contribution in [0.15, 0.2) is 0 Å². The predicted octanol–water partition coefficient (Wildman–Crippen LogP) is -0.170. The number of rotatable bonds is 4. The summed E-state index contributed by atoms with van der Waals surface area (Å²) in [6.45, 7) is 0. The SMILES string of the molecule is COC(OC)C(C#N)C(=O)O. The molecule has 0 aromatic rings. The van der Waals surface area contributed by atoms with Gasteiger partial charge in [0.05, 0.1) is 6.07 Å².